The van der Waals surface area contributed by atoms with Crippen LogP contribution < -0.4 is 0 Å². The van der Waals surface area contributed by atoms with E-state index in [-0.39, 0.29) is 5.91 Å². The van der Waals surface area contributed by atoms with E-state index in [0.29, 0.717) is 19.5 Å². The molecule has 1 amide bonds. The van der Waals surface area contributed by atoms with Crippen molar-refractivity contribution in [2.24, 2.45) is 5.41 Å². The average molecular weight is 293 g/mol. The van der Waals surface area contributed by atoms with Gasteiger partial charge in [0.15, 0.2) is 0 Å². The van der Waals surface area contributed by atoms with E-state index in [1.807, 2.05) is 6.07 Å². The number of thiophene rings is 1. The first kappa shape index (κ1) is 13.6. The molecule has 1 aromatic rings. The maximum atomic E-state index is 12.5. The van der Waals surface area contributed by atoms with Crippen LogP contribution in [0.25, 0.3) is 0 Å². The molecule has 108 valence electrons. The second-order valence-electron chi connectivity index (χ2n) is 6.11. The van der Waals surface area contributed by atoms with E-state index in [1.54, 1.807) is 23.2 Å². The van der Waals surface area contributed by atoms with Gasteiger partial charge < -0.3 is 10.0 Å². The number of likely N-dealkylation sites (tertiary alicyclic amines) is 1. The predicted molar refractivity (Wildman–Crippen MR) is 77.2 cm³/mol. The van der Waals surface area contributed by atoms with Gasteiger partial charge >= 0.3 is 5.97 Å². The minimum atomic E-state index is -0.807. The minimum Gasteiger partial charge on any atom is -0.481 e. The Kier molecular flexibility index (Phi) is 3.32. The van der Waals surface area contributed by atoms with E-state index in [9.17, 15) is 14.7 Å². The number of hydrogen-bond donors (Lipinski definition) is 1. The van der Waals surface area contributed by atoms with Gasteiger partial charge in [-0.15, -0.1) is 11.3 Å². The molecular formula is C15H19NO3S. The SMILES string of the molecule is C[C@@]1(C(=O)O)CCN(C(=O)c2cc3c(s2)CCCC3)C1. The summed E-state index contributed by atoms with van der Waals surface area (Å²) in [6.07, 6.45) is 5.12. The fourth-order valence-electron chi connectivity index (χ4n) is 3.06. The van der Waals surface area contributed by atoms with Crippen molar-refractivity contribution >= 4 is 23.2 Å². The summed E-state index contributed by atoms with van der Waals surface area (Å²) in [5, 5.41) is 9.24. The number of carbonyl (C=O) groups excluding carboxylic acids is 1. The lowest BCUT2D eigenvalue weighted by Gasteiger charge is -2.19. The van der Waals surface area contributed by atoms with Crippen LogP contribution in [0.3, 0.4) is 0 Å². The molecule has 0 saturated carbocycles. The number of nitrogens with zero attached hydrogens (tertiary/aromatic N) is 1. The molecule has 1 aliphatic heterocycles. The number of fused-ring (bicyclic) bond motifs is 1. The van der Waals surface area contributed by atoms with E-state index < -0.39 is 11.4 Å². The Morgan fingerprint density at radius 3 is 2.75 bits per heavy atom. The van der Waals surface area contributed by atoms with Crippen LogP contribution in [-0.4, -0.2) is 35.0 Å². The van der Waals surface area contributed by atoms with Crippen molar-refractivity contribution in [3.63, 3.8) is 0 Å². The number of aryl methyl sites for hydroxylation is 2. The summed E-state index contributed by atoms with van der Waals surface area (Å²) in [6, 6.07) is 2.03. The van der Waals surface area contributed by atoms with Crippen LogP contribution in [-0.2, 0) is 17.6 Å². The van der Waals surface area contributed by atoms with Gasteiger partial charge in [0.05, 0.1) is 10.3 Å². The predicted octanol–water partition coefficient (Wildman–Crippen LogP) is 2.56. The summed E-state index contributed by atoms with van der Waals surface area (Å²) in [6.45, 7) is 2.59. The molecule has 2 aliphatic rings. The summed E-state index contributed by atoms with van der Waals surface area (Å²) < 4.78 is 0. The minimum absolute atomic E-state index is 0.00868. The number of carboxylic acid groups (broad SMARTS) is 1. The van der Waals surface area contributed by atoms with Crippen LogP contribution in [0.5, 0.6) is 0 Å². The number of amides is 1. The Labute approximate surface area is 122 Å². The van der Waals surface area contributed by atoms with E-state index in [1.165, 1.54) is 23.3 Å². The number of carbonyl (C=O) groups is 2. The zero-order valence-electron chi connectivity index (χ0n) is 11.6. The van der Waals surface area contributed by atoms with Gasteiger partial charge in [-0.2, -0.15) is 0 Å². The van der Waals surface area contributed by atoms with Crippen molar-refractivity contribution in [3.05, 3.63) is 21.4 Å². The van der Waals surface area contributed by atoms with Crippen molar-refractivity contribution in [1.29, 1.82) is 0 Å². The maximum absolute atomic E-state index is 12.5. The van der Waals surface area contributed by atoms with E-state index in [4.69, 9.17) is 0 Å². The molecule has 1 aromatic heterocycles. The van der Waals surface area contributed by atoms with Gasteiger partial charge in [-0.1, -0.05) is 0 Å². The van der Waals surface area contributed by atoms with Crippen molar-refractivity contribution in [3.8, 4) is 0 Å². The third-order valence-electron chi connectivity index (χ3n) is 4.48. The fourth-order valence-corrected chi connectivity index (χ4v) is 4.28. The molecule has 1 N–H and O–H groups in total. The fraction of sp³-hybridized carbons (Fsp3) is 0.600. The maximum Gasteiger partial charge on any atom is 0.311 e. The highest BCUT2D eigenvalue weighted by Gasteiger charge is 2.42. The summed E-state index contributed by atoms with van der Waals surface area (Å²) in [5.74, 6) is -0.798. The molecular weight excluding hydrogens is 274 g/mol. The zero-order valence-corrected chi connectivity index (χ0v) is 12.5. The Morgan fingerprint density at radius 2 is 2.10 bits per heavy atom. The standard InChI is InChI=1S/C15H19NO3S/c1-15(14(18)19)6-7-16(9-15)13(17)12-8-10-4-2-3-5-11(10)20-12/h8H,2-7,9H2,1H3,(H,18,19)/t15-/m1/s1. The second kappa shape index (κ2) is 4.88. The highest BCUT2D eigenvalue weighted by atomic mass is 32.1. The largest absolute Gasteiger partial charge is 0.481 e. The molecule has 0 radical (unpaired) electrons. The van der Waals surface area contributed by atoms with Gasteiger partial charge in [-0.3, -0.25) is 9.59 Å². The highest BCUT2D eigenvalue weighted by molar-refractivity contribution is 7.14. The molecule has 1 aliphatic carbocycles. The summed E-state index contributed by atoms with van der Waals surface area (Å²) in [4.78, 5) is 27.6. The lowest BCUT2D eigenvalue weighted by atomic mass is 9.90. The van der Waals surface area contributed by atoms with Gasteiger partial charge in [0, 0.05) is 18.0 Å². The molecule has 5 heteroatoms. The average Bonchev–Trinajstić information content (AvgIpc) is 3.02. The quantitative estimate of drug-likeness (QED) is 0.911. The van der Waals surface area contributed by atoms with Crippen LogP contribution in [0, 0.1) is 5.41 Å². The molecule has 1 fully saturated rings. The van der Waals surface area contributed by atoms with Crippen molar-refractivity contribution in [2.45, 2.75) is 39.0 Å². The summed E-state index contributed by atoms with van der Waals surface area (Å²) >= 11 is 1.60. The van der Waals surface area contributed by atoms with Gasteiger partial charge in [-0.25, -0.2) is 0 Å². The highest BCUT2D eigenvalue weighted by Crippen LogP contribution is 2.34. The van der Waals surface area contributed by atoms with Gasteiger partial charge in [0.2, 0.25) is 0 Å². The smallest absolute Gasteiger partial charge is 0.311 e. The van der Waals surface area contributed by atoms with E-state index in [2.05, 4.69) is 0 Å². The van der Waals surface area contributed by atoms with Crippen molar-refractivity contribution < 1.29 is 14.7 Å². The first-order valence-electron chi connectivity index (χ1n) is 7.14. The molecule has 3 rings (SSSR count). The first-order valence-corrected chi connectivity index (χ1v) is 7.95. The van der Waals surface area contributed by atoms with Crippen LogP contribution in [0.4, 0.5) is 0 Å². The molecule has 0 bridgehead atoms. The van der Waals surface area contributed by atoms with E-state index >= 15 is 0 Å². The topological polar surface area (TPSA) is 57.6 Å². The monoisotopic (exact) mass is 293 g/mol. The third kappa shape index (κ3) is 2.24. The number of carboxylic acids is 1. The van der Waals surface area contributed by atoms with Gasteiger partial charge in [-0.05, 0) is 50.7 Å². The second-order valence-corrected chi connectivity index (χ2v) is 7.25. The summed E-state index contributed by atoms with van der Waals surface area (Å²) in [7, 11) is 0. The Morgan fingerprint density at radius 1 is 1.35 bits per heavy atom. The molecule has 0 aromatic carbocycles. The molecule has 1 atom stereocenters. The van der Waals surface area contributed by atoms with Crippen LogP contribution in [0.2, 0.25) is 0 Å². The number of aliphatic carboxylic acids is 1. The van der Waals surface area contributed by atoms with Gasteiger partial charge in [0.1, 0.15) is 0 Å². The molecule has 0 unspecified atom stereocenters. The lowest BCUT2D eigenvalue weighted by Crippen LogP contribution is -2.34. The lowest BCUT2D eigenvalue weighted by molar-refractivity contribution is -0.147. The van der Waals surface area contributed by atoms with Crippen molar-refractivity contribution in [2.75, 3.05) is 13.1 Å². The normalized spacial score (nSPS) is 25.6. The number of rotatable bonds is 2. The third-order valence-corrected chi connectivity index (χ3v) is 5.71. The first-order chi connectivity index (χ1) is 9.49. The molecule has 0 spiro atoms. The van der Waals surface area contributed by atoms with Crippen LogP contribution in [0.15, 0.2) is 6.07 Å². The molecule has 4 nitrogen and oxygen atoms in total. The zero-order chi connectivity index (χ0) is 14.3. The Balaban J connectivity index is 1.77. The van der Waals surface area contributed by atoms with Gasteiger partial charge in [0.25, 0.3) is 5.91 Å². The molecule has 1 saturated heterocycles. The van der Waals surface area contributed by atoms with E-state index in [0.717, 1.165) is 17.7 Å². The van der Waals surface area contributed by atoms with Crippen LogP contribution in [0.1, 0.15) is 46.3 Å². The Hall–Kier alpha value is -1.36. The van der Waals surface area contributed by atoms with Crippen LogP contribution >= 0.6 is 11.3 Å². The summed E-state index contributed by atoms with van der Waals surface area (Å²) in [5.41, 5.74) is 0.539. The Bertz CT molecular complexity index is 542. The molecule has 2 heterocycles. The number of hydrogen-bond acceptors (Lipinski definition) is 3. The molecule has 20 heavy (non-hydrogen) atoms. The van der Waals surface area contributed by atoms with Crippen molar-refractivity contribution in [1.82, 2.24) is 4.90 Å².